The molecule has 0 N–H and O–H groups in total. The Bertz CT molecular complexity index is 3440. The van der Waals surface area contributed by atoms with Crippen molar-refractivity contribution in [3.8, 4) is 33.4 Å². The van der Waals surface area contributed by atoms with Gasteiger partial charge in [-0.15, -0.1) is 0 Å². The average Bonchev–Trinajstić information content (AvgIpc) is 4.11. The molecule has 0 saturated heterocycles. The lowest BCUT2D eigenvalue weighted by Gasteiger charge is -2.37. The van der Waals surface area contributed by atoms with Gasteiger partial charge in [-0.2, -0.15) is 0 Å². The molecule has 0 saturated carbocycles. The maximum atomic E-state index is 5.41. The molecule has 0 radical (unpaired) electrons. The Hall–Kier alpha value is -8.09. The zero-order valence-electron chi connectivity index (χ0n) is 36.9. The van der Waals surface area contributed by atoms with Gasteiger partial charge in [0.15, 0.2) is 5.54 Å². The summed E-state index contributed by atoms with van der Waals surface area (Å²) in [4.78, 5) is 21.2. The molecule has 5 heterocycles. The second-order valence-electron chi connectivity index (χ2n) is 18.2. The molecule has 314 valence electrons. The summed E-state index contributed by atoms with van der Waals surface area (Å²) in [5.41, 5.74) is 17.5. The Morgan fingerprint density at radius 3 is 1.55 bits per heavy atom. The van der Waals surface area contributed by atoms with Crippen molar-refractivity contribution in [3.05, 3.63) is 281 Å². The van der Waals surface area contributed by atoms with Crippen molar-refractivity contribution in [2.45, 2.75) is 36.1 Å². The monoisotopic (exact) mass is 848 g/mol. The fraction of sp³-hybridized carbons (Fsp3) is 0.117. The second kappa shape index (κ2) is 14.2. The molecule has 3 aliphatic carbocycles. The minimum Gasteiger partial charge on any atom is -0.354 e. The van der Waals surface area contributed by atoms with Crippen LogP contribution < -0.4 is 4.57 Å². The number of pyridine rings is 4. The molecule has 5 aromatic heterocycles. The number of hydrogen-bond donors (Lipinski definition) is 0. The standard InChI is InChI=1S/C60H44N6/c1-39(2)40-28-32-61-54(35-40)59(52-26-8-5-20-46(52)49-23-13-30-63-56(49)59)43-17-10-15-41(36-43)58(51-25-7-4-19-45(51)48-22-12-29-62-55(48)58)42-16-11-18-44(37-42)60(66-34-33-65(3)38-66)53-27-9-6-21-47(53)50-24-14-31-64-57(50)60/h4-37,39H,1-3H3. The first kappa shape index (κ1) is 38.4. The van der Waals surface area contributed by atoms with E-state index in [2.05, 4.69) is 201 Å². The van der Waals surface area contributed by atoms with Crippen LogP contribution in [-0.2, 0) is 23.4 Å². The smallest absolute Gasteiger partial charge is 0.205 e. The molecular formula is C60H44N6. The fourth-order valence-electron chi connectivity index (χ4n) is 12.0. The fourth-order valence-corrected chi connectivity index (χ4v) is 12.0. The SMILES string of the molecule is CC(C)c1ccnc(C2(c3cccc(C4(c5cccc(C6(n7[c-][n+](C)cc7)c7ccccc7-c7cccnc76)c5)c5ccccc5-c5cccnc54)c3)c3ccccc3-c3cccnc32)c1. The van der Waals surface area contributed by atoms with Crippen molar-refractivity contribution in [1.82, 2.24) is 24.5 Å². The molecule has 3 unspecified atom stereocenters. The summed E-state index contributed by atoms with van der Waals surface area (Å²) in [5, 5.41) is 0. The summed E-state index contributed by atoms with van der Waals surface area (Å²) in [6.45, 7) is 4.50. The third kappa shape index (κ3) is 4.93. The van der Waals surface area contributed by atoms with Gasteiger partial charge in [-0.3, -0.25) is 19.9 Å². The van der Waals surface area contributed by atoms with Crippen molar-refractivity contribution < 1.29 is 4.57 Å². The van der Waals surface area contributed by atoms with E-state index in [0.717, 1.165) is 67.3 Å². The van der Waals surface area contributed by atoms with Crippen LogP contribution >= 0.6 is 0 Å². The lowest BCUT2D eigenvalue weighted by atomic mass is 9.65. The topological polar surface area (TPSA) is 60.4 Å². The quantitative estimate of drug-likeness (QED) is 0.118. The number of nitrogens with zero attached hydrogens (tertiary/aromatic N) is 6. The molecule has 0 aliphatic heterocycles. The lowest BCUT2D eigenvalue weighted by Crippen LogP contribution is -2.38. The minimum absolute atomic E-state index is 0.312. The summed E-state index contributed by atoms with van der Waals surface area (Å²) in [6, 6.07) is 62.2. The first-order chi connectivity index (χ1) is 32.5. The summed E-state index contributed by atoms with van der Waals surface area (Å²) >= 11 is 0. The second-order valence-corrected chi connectivity index (χ2v) is 18.2. The molecule has 3 aliphatic rings. The van der Waals surface area contributed by atoms with E-state index in [0.29, 0.717) is 5.92 Å². The van der Waals surface area contributed by atoms with Crippen LogP contribution in [-0.4, -0.2) is 24.5 Å². The van der Waals surface area contributed by atoms with Gasteiger partial charge in [-0.1, -0.05) is 147 Å². The molecular weight excluding hydrogens is 805 g/mol. The third-order valence-corrected chi connectivity index (χ3v) is 14.7. The number of aromatic nitrogens is 6. The molecule has 10 aromatic rings. The van der Waals surface area contributed by atoms with Crippen LogP contribution in [0.1, 0.15) is 87.0 Å². The highest BCUT2D eigenvalue weighted by atomic mass is 15.2. The van der Waals surface area contributed by atoms with E-state index < -0.39 is 16.4 Å². The van der Waals surface area contributed by atoms with Gasteiger partial charge < -0.3 is 9.13 Å². The van der Waals surface area contributed by atoms with E-state index in [1.807, 2.05) is 42.5 Å². The van der Waals surface area contributed by atoms with Gasteiger partial charge in [0, 0.05) is 52.6 Å². The van der Waals surface area contributed by atoms with Crippen LogP contribution in [0.15, 0.2) is 207 Å². The van der Waals surface area contributed by atoms with E-state index in [-0.39, 0.29) is 0 Å². The van der Waals surface area contributed by atoms with E-state index in [9.17, 15) is 0 Å². The van der Waals surface area contributed by atoms with Crippen LogP contribution in [0.2, 0.25) is 0 Å². The van der Waals surface area contributed by atoms with Crippen LogP contribution in [0, 0.1) is 6.33 Å². The largest absolute Gasteiger partial charge is 0.354 e. The predicted molar refractivity (Wildman–Crippen MR) is 258 cm³/mol. The number of benzene rings is 5. The Balaban J connectivity index is 1.13. The first-order valence-electron chi connectivity index (χ1n) is 22.8. The van der Waals surface area contributed by atoms with Crippen molar-refractivity contribution in [2.75, 3.05) is 0 Å². The van der Waals surface area contributed by atoms with Gasteiger partial charge in [-0.25, -0.2) is 0 Å². The molecule has 13 rings (SSSR count). The Morgan fingerprint density at radius 1 is 0.455 bits per heavy atom. The third-order valence-electron chi connectivity index (χ3n) is 14.7. The molecule has 0 fully saturated rings. The normalized spacial score (nSPS) is 19.5. The number of hydrogen-bond acceptors (Lipinski definition) is 4. The number of fused-ring (bicyclic) bond motifs is 9. The molecule has 0 amide bonds. The summed E-state index contributed by atoms with van der Waals surface area (Å²) < 4.78 is 4.21. The van der Waals surface area contributed by atoms with Gasteiger partial charge in [0.2, 0.25) is 6.33 Å². The zero-order valence-corrected chi connectivity index (χ0v) is 36.9. The van der Waals surface area contributed by atoms with Gasteiger partial charge in [0.1, 0.15) is 11.1 Å². The molecule has 6 heteroatoms. The highest BCUT2D eigenvalue weighted by Gasteiger charge is 2.54. The van der Waals surface area contributed by atoms with Crippen molar-refractivity contribution >= 4 is 0 Å². The van der Waals surface area contributed by atoms with Gasteiger partial charge in [0.05, 0.1) is 29.5 Å². The molecule has 3 atom stereocenters. The van der Waals surface area contributed by atoms with Gasteiger partial charge in [-0.05, 0) is 105 Å². The van der Waals surface area contributed by atoms with E-state index in [1.165, 1.54) is 33.4 Å². The van der Waals surface area contributed by atoms with Crippen molar-refractivity contribution in [2.24, 2.45) is 7.05 Å². The van der Waals surface area contributed by atoms with Crippen LogP contribution in [0.5, 0.6) is 0 Å². The predicted octanol–water partition coefficient (Wildman–Crippen LogP) is 11.4. The minimum atomic E-state index is -0.837. The Labute approximate surface area is 384 Å². The molecule has 6 nitrogen and oxygen atoms in total. The van der Waals surface area contributed by atoms with Crippen LogP contribution in [0.3, 0.4) is 0 Å². The van der Waals surface area contributed by atoms with Crippen LogP contribution in [0.25, 0.3) is 33.4 Å². The molecule has 5 aromatic carbocycles. The zero-order chi connectivity index (χ0) is 44.2. The number of imidazole rings is 1. The molecule has 0 spiro atoms. The van der Waals surface area contributed by atoms with Crippen molar-refractivity contribution in [1.29, 1.82) is 0 Å². The van der Waals surface area contributed by atoms with E-state index in [1.54, 1.807) is 0 Å². The average molecular weight is 849 g/mol. The number of aryl methyl sites for hydroxylation is 1. The van der Waals surface area contributed by atoms with Crippen molar-refractivity contribution in [3.63, 3.8) is 0 Å². The molecule has 66 heavy (non-hydrogen) atoms. The van der Waals surface area contributed by atoms with E-state index in [4.69, 9.17) is 19.9 Å². The maximum Gasteiger partial charge on any atom is 0.205 e. The molecule has 0 bridgehead atoms. The highest BCUT2D eigenvalue weighted by Crippen LogP contribution is 2.60. The summed E-state index contributed by atoms with van der Waals surface area (Å²) in [6.07, 6.45) is 15.6. The van der Waals surface area contributed by atoms with Gasteiger partial charge >= 0.3 is 0 Å². The first-order valence-corrected chi connectivity index (χ1v) is 22.8. The Kier molecular flexibility index (Phi) is 8.26. The number of rotatable bonds is 7. The van der Waals surface area contributed by atoms with Gasteiger partial charge in [0.25, 0.3) is 0 Å². The van der Waals surface area contributed by atoms with E-state index >= 15 is 0 Å². The lowest BCUT2D eigenvalue weighted by molar-refractivity contribution is -0.675. The Morgan fingerprint density at radius 2 is 0.939 bits per heavy atom. The highest BCUT2D eigenvalue weighted by molar-refractivity contribution is 5.88. The van der Waals surface area contributed by atoms with Crippen LogP contribution in [0.4, 0.5) is 0 Å². The maximum absolute atomic E-state index is 5.41. The summed E-state index contributed by atoms with van der Waals surface area (Å²) in [5.74, 6) is 0.312. The summed E-state index contributed by atoms with van der Waals surface area (Å²) in [7, 11) is 2.03.